The molecule has 9 heteroatoms. The highest BCUT2D eigenvalue weighted by Crippen LogP contribution is 2.33. The van der Waals surface area contributed by atoms with Crippen molar-refractivity contribution in [2.24, 2.45) is 11.7 Å². The fraction of sp³-hybridized carbons (Fsp3) is 0.391. The number of halogens is 1. The van der Waals surface area contributed by atoms with Gasteiger partial charge in [0.1, 0.15) is 0 Å². The number of benzene rings is 2. The van der Waals surface area contributed by atoms with Crippen molar-refractivity contribution in [2.45, 2.75) is 50.1 Å². The monoisotopic (exact) mass is 477 g/mol. The Morgan fingerprint density at radius 2 is 1.69 bits per heavy atom. The van der Waals surface area contributed by atoms with Crippen molar-refractivity contribution in [3.05, 3.63) is 64.7 Å². The first-order chi connectivity index (χ1) is 15.2. The molecule has 0 radical (unpaired) electrons. The Morgan fingerprint density at radius 3 is 2.28 bits per heavy atom. The zero-order valence-electron chi connectivity index (χ0n) is 18.0. The number of amides is 2. The highest BCUT2D eigenvalue weighted by molar-refractivity contribution is 7.89. The average Bonchev–Trinajstić information content (AvgIpc) is 2.78. The number of hydrogen-bond acceptors (Lipinski definition) is 4. The third-order valence-electron chi connectivity index (χ3n) is 5.78. The second-order valence-corrected chi connectivity index (χ2v) is 10.2. The molecule has 1 aliphatic carbocycles. The van der Waals surface area contributed by atoms with Gasteiger partial charge in [0.05, 0.1) is 10.8 Å². The van der Waals surface area contributed by atoms with Crippen LogP contribution in [0.15, 0.2) is 53.4 Å². The summed E-state index contributed by atoms with van der Waals surface area (Å²) in [5, 5.41) is 3.17. The lowest BCUT2D eigenvalue weighted by atomic mass is 9.84. The third-order valence-corrected chi connectivity index (χ3v) is 7.91. The van der Waals surface area contributed by atoms with Crippen molar-refractivity contribution in [1.29, 1.82) is 0 Å². The first-order valence-corrected chi connectivity index (χ1v) is 12.5. The highest BCUT2D eigenvalue weighted by Gasteiger charge is 2.40. The van der Waals surface area contributed by atoms with Gasteiger partial charge in [-0.05, 0) is 61.7 Å². The molecule has 1 aliphatic rings. The molecule has 0 aromatic heterocycles. The standard InChI is InChI=1S/C23H28ClN3O4S/c1-2-26-23(29)17-9-7-16(8-10-17)15-27(21-6-4-3-5-20(21)22(25)28)32(30,31)19-13-11-18(24)12-14-19/h7-14,20-21H,2-6,15H2,1H3,(H2,25,28)(H,26,29)/t20-,21+/m0/s1. The molecule has 2 aromatic rings. The average molecular weight is 478 g/mol. The maximum Gasteiger partial charge on any atom is 0.251 e. The first kappa shape index (κ1) is 24.2. The van der Waals surface area contributed by atoms with Gasteiger partial charge in [0.15, 0.2) is 0 Å². The molecular weight excluding hydrogens is 450 g/mol. The maximum atomic E-state index is 13.6. The van der Waals surface area contributed by atoms with Crippen molar-refractivity contribution < 1.29 is 18.0 Å². The molecule has 1 saturated carbocycles. The van der Waals surface area contributed by atoms with Gasteiger partial charge in [0, 0.05) is 29.7 Å². The van der Waals surface area contributed by atoms with Gasteiger partial charge in [-0.25, -0.2) is 8.42 Å². The summed E-state index contributed by atoms with van der Waals surface area (Å²) in [5.41, 5.74) is 6.86. The number of primary amides is 1. The SMILES string of the molecule is CCNC(=O)c1ccc(CN([C@@H]2CCCC[C@@H]2C(N)=O)S(=O)(=O)c2ccc(Cl)cc2)cc1. The molecular formula is C23H28ClN3O4S. The van der Waals surface area contributed by atoms with Crippen LogP contribution >= 0.6 is 11.6 Å². The Hall–Kier alpha value is -2.42. The molecule has 2 aromatic carbocycles. The Bertz CT molecular complexity index is 1060. The number of carbonyl (C=O) groups is 2. The van der Waals surface area contributed by atoms with Crippen molar-refractivity contribution in [3.63, 3.8) is 0 Å². The largest absolute Gasteiger partial charge is 0.369 e. The van der Waals surface area contributed by atoms with Crippen LogP contribution in [0, 0.1) is 5.92 Å². The van der Waals surface area contributed by atoms with Crippen molar-refractivity contribution >= 4 is 33.4 Å². The molecule has 2 atom stereocenters. The van der Waals surface area contributed by atoms with Gasteiger partial charge in [-0.15, -0.1) is 0 Å². The first-order valence-electron chi connectivity index (χ1n) is 10.7. The number of nitrogens with one attached hydrogen (secondary N) is 1. The minimum atomic E-state index is -3.93. The molecule has 0 spiro atoms. The van der Waals surface area contributed by atoms with Crippen LogP contribution in [0.4, 0.5) is 0 Å². The molecule has 2 amide bonds. The van der Waals surface area contributed by atoms with E-state index in [1.807, 2.05) is 6.92 Å². The highest BCUT2D eigenvalue weighted by atomic mass is 35.5. The number of nitrogens with zero attached hydrogens (tertiary/aromatic N) is 1. The Morgan fingerprint density at radius 1 is 1.06 bits per heavy atom. The Kier molecular flexibility index (Phi) is 7.92. The Balaban J connectivity index is 1.97. The quantitative estimate of drug-likeness (QED) is 0.607. The van der Waals surface area contributed by atoms with Gasteiger partial charge in [-0.2, -0.15) is 4.31 Å². The predicted octanol–water partition coefficient (Wildman–Crippen LogP) is 3.32. The molecule has 3 N–H and O–H groups in total. The van der Waals surface area contributed by atoms with Crippen LogP contribution < -0.4 is 11.1 Å². The van der Waals surface area contributed by atoms with E-state index in [4.69, 9.17) is 17.3 Å². The lowest BCUT2D eigenvalue weighted by Gasteiger charge is -2.38. The minimum Gasteiger partial charge on any atom is -0.369 e. The van der Waals surface area contributed by atoms with Crippen LogP contribution in [0.1, 0.15) is 48.5 Å². The zero-order chi connectivity index (χ0) is 23.3. The summed E-state index contributed by atoms with van der Waals surface area (Å²) >= 11 is 5.95. The Labute approximate surface area is 194 Å². The summed E-state index contributed by atoms with van der Waals surface area (Å²) < 4.78 is 28.7. The van der Waals surface area contributed by atoms with Gasteiger partial charge in [-0.3, -0.25) is 9.59 Å². The number of carbonyl (C=O) groups excluding carboxylic acids is 2. The fourth-order valence-corrected chi connectivity index (χ4v) is 5.92. The zero-order valence-corrected chi connectivity index (χ0v) is 19.5. The molecule has 32 heavy (non-hydrogen) atoms. The van der Waals surface area contributed by atoms with Gasteiger partial charge in [-0.1, -0.05) is 36.6 Å². The number of nitrogens with two attached hydrogens (primary N) is 1. The fourth-order valence-electron chi connectivity index (χ4n) is 4.11. The van der Waals surface area contributed by atoms with E-state index in [-0.39, 0.29) is 17.3 Å². The predicted molar refractivity (Wildman–Crippen MR) is 124 cm³/mol. The number of hydrogen-bond donors (Lipinski definition) is 2. The smallest absolute Gasteiger partial charge is 0.251 e. The summed E-state index contributed by atoms with van der Waals surface area (Å²) in [5.74, 6) is -1.23. The van der Waals surface area contributed by atoms with Gasteiger partial charge < -0.3 is 11.1 Å². The van der Waals surface area contributed by atoms with Crippen LogP contribution in [-0.4, -0.2) is 37.1 Å². The molecule has 7 nitrogen and oxygen atoms in total. The second kappa shape index (κ2) is 10.5. The molecule has 3 rings (SSSR count). The minimum absolute atomic E-state index is 0.0646. The topological polar surface area (TPSA) is 110 Å². The van der Waals surface area contributed by atoms with E-state index in [2.05, 4.69) is 5.32 Å². The summed E-state index contributed by atoms with van der Waals surface area (Å²) in [6, 6.07) is 12.2. The second-order valence-electron chi connectivity index (χ2n) is 7.92. The molecule has 0 bridgehead atoms. The van der Waals surface area contributed by atoms with E-state index >= 15 is 0 Å². The van der Waals surface area contributed by atoms with Crippen molar-refractivity contribution in [2.75, 3.05) is 6.54 Å². The van der Waals surface area contributed by atoms with Gasteiger partial charge in [0.2, 0.25) is 15.9 Å². The molecule has 0 heterocycles. The summed E-state index contributed by atoms with van der Waals surface area (Å²) in [6.45, 7) is 2.42. The van der Waals surface area contributed by atoms with Crippen molar-refractivity contribution in [1.82, 2.24) is 9.62 Å². The van der Waals surface area contributed by atoms with Crippen LogP contribution in [0.25, 0.3) is 0 Å². The van der Waals surface area contributed by atoms with E-state index < -0.39 is 27.9 Å². The molecule has 1 fully saturated rings. The van der Waals surface area contributed by atoms with Crippen LogP contribution in [0.3, 0.4) is 0 Å². The maximum absolute atomic E-state index is 13.6. The normalized spacial score (nSPS) is 19.0. The lowest BCUT2D eigenvalue weighted by Crippen LogP contribution is -2.49. The summed E-state index contributed by atoms with van der Waals surface area (Å²) in [6.07, 6.45) is 2.76. The van der Waals surface area contributed by atoms with Crippen LogP contribution in [0.2, 0.25) is 5.02 Å². The van der Waals surface area contributed by atoms with E-state index in [0.29, 0.717) is 35.5 Å². The van der Waals surface area contributed by atoms with E-state index in [9.17, 15) is 18.0 Å². The third kappa shape index (κ3) is 5.49. The van der Waals surface area contributed by atoms with Crippen LogP contribution in [0.5, 0.6) is 0 Å². The van der Waals surface area contributed by atoms with E-state index in [0.717, 1.165) is 12.8 Å². The lowest BCUT2D eigenvalue weighted by molar-refractivity contribution is -0.124. The molecule has 0 unspecified atom stereocenters. The molecule has 0 aliphatic heterocycles. The number of sulfonamides is 1. The summed E-state index contributed by atoms with van der Waals surface area (Å²) in [4.78, 5) is 24.3. The van der Waals surface area contributed by atoms with E-state index in [1.165, 1.54) is 28.6 Å². The van der Waals surface area contributed by atoms with Crippen molar-refractivity contribution in [3.8, 4) is 0 Å². The van der Waals surface area contributed by atoms with Gasteiger partial charge >= 0.3 is 0 Å². The van der Waals surface area contributed by atoms with E-state index in [1.54, 1.807) is 24.3 Å². The van der Waals surface area contributed by atoms with Gasteiger partial charge in [0.25, 0.3) is 5.91 Å². The number of rotatable bonds is 8. The summed E-state index contributed by atoms with van der Waals surface area (Å²) in [7, 11) is -3.93. The molecule has 0 saturated heterocycles. The molecule has 172 valence electrons. The van der Waals surface area contributed by atoms with Crippen LogP contribution in [-0.2, 0) is 21.4 Å².